The zero-order valence-electron chi connectivity index (χ0n) is 18.9. The largest absolute Gasteiger partial charge is 0.497 e. The number of amides is 1. The molecule has 6 heteroatoms. The van der Waals surface area contributed by atoms with Crippen LogP contribution >= 0.6 is 0 Å². The summed E-state index contributed by atoms with van der Waals surface area (Å²) in [6.07, 6.45) is 4.10. The van der Waals surface area contributed by atoms with E-state index < -0.39 is 0 Å². The van der Waals surface area contributed by atoms with Crippen molar-refractivity contribution >= 4 is 29.2 Å². The van der Waals surface area contributed by atoms with Crippen LogP contribution in [0.4, 0.5) is 0 Å². The van der Waals surface area contributed by atoms with Gasteiger partial charge >= 0.3 is 0 Å². The Morgan fingerprint density at radius 2 is 1.47 bits per heavy atom. The van der Waals surface area contributed by atoms with Crippen molar-refractivity contribution in [3.8, 4) is 11.5 Å². The Labute approximate surface area is 198 Å². The maximum Gasteiger partial charge on any atom is 0.282 e. The molecule has 0 N–H and O–H groups in total. The molecule has 0 radical (unpaired) electrons. The summed E-state index contributed by atoms with van der Waals surface area (Å²) in [5.74, 6) is 1.90. The number of rotatable bonds is 6. The Balaban J connectivity index is 1.54. The van der Waals surface area contributed by atoms with Gasteiger partial charge in [0.1, 0.15) is 17.2 Å². The monoisotopic (exact) mass is 450 g/mol. The fraction of sp³-hybridized carbons (Fsp3) is 0.107. The van der Waals surface area contributed by atoms with E-state index in [0.29, 0.717) is 23.7 Å². The molecule has 0 aliphatic carbocycles. The highest BCUT2D eigenvalue weighted by molar-refractivity contribution is 6.48. The van der Waals surface area contributed by atoms with Crippen molar-refractivity contribution in [2.75, 3.05) is 14.2 Å². The topological polar surface area (TPSA) is 63.5 Å². The molecular formula is C28H23N3O3. The van der Waals surface area contributed by atoms with E-state index in [9.17, 15) is 4.79 Å². The van der Waals surface area contributed by atoms with Crippen molar-refractivity contribution in [2.45, 2.75) is 6.42 Å². The number of carbonyl (C=O) groups excluding carboxylic acids is 1. The van der Waals surface area contributed by atoms with Crippen LogP contribution in [0, 0.1) is 0 Å². The van der Waals surface area contributed by atoms with Crippen LogP contribution in [-0.2, 0) is 11.2 Å². The number of hydrogen-bond donors (Lipinski definition) is 0. The third kappa shape index (κ3) is 4.26. The SMILES string of the molecule is COc1ccc(/[13CH]=C2\N=C3C(Cc4ccccc4)=NC(c4ccc(OC)cc4)=CN3C2=O)cc1. The number of benzene rings is 3. The lowest BCUT2D eigenvalue weighted by molar-refractivity contribution is -0.120. The van der Waals surface area contributed by atoms with E-state index in [1.165, 1.54) is 0 Å². The summed E-state index contributed by atoms with van der Waals surface area (Å²) in [5.41, 5.74) is 4.67. The Hall–Kier alpha value is -4.45. The molecule has 0 spiro atoms. The number of fused-ring (bicyclic) bond motifs is 1. The van der Waals surface area contributed by atoms with Crippen molar-refractivity contribution in [2.24, 2.45) is 9.98 Å². The molecule has 0 unspecified atom stereocenters. The molecule has 2 aliphatic heterocycles. The lowest BCUT2D eigenvalue weighted by Gasteiger charge is -2.22. The summed E-state index contributed by atoms with van der Waals surface area (Å²) < 4.78 is 10.5. The van der Waals surface area contributed by atoms with Crippen molar-refractivity contribution in [3.63, 3.8) is 0 Å². The van der Waals surface area contributed by atoms with Gasteiger partial charge in [0.25, 0.3) is 5.91 Å². The van der Waals surface area contributed by atoms with Gasteiger partial charge in [-0.2, -0.15) is 0 Å². The molecule has 3 aromatic carbocycles. The minimum Gasteiger partial charge on any atom is -0.497 e. The summed E-state index contributed by atoms with van der Waals surface area (Å²) in [5, 5.41) is 0. The van der Waals surface area contributed by atoms with Gasteiger partial charge in [-0.15, -0.1) is 0 Å². The molecule has 0 fully saturated rings. The van der Waals surface area contributed by atoms with Crippen molar-refractivity contribution in [1.82, 2.24) is 4.90 Å². The Bertz CT molecular complexity index is 1340. The molecule has 0 bridgehead atoms. The first-order chi connectivity index (χ1) is 16.6. The first-order valence-corrected chi connectivity index (χ1v) is 10.9. The molecule has 0 atom stereocenters. The van der Waals surface area contributed by atoms with Crippen LogP contribution in [0.5, 0.6) is 11.5 Å². The summed E-state index contributed by atoms with van der Waals surface area (Å²) in [6, 6.07) is 25.2. The van der Waals surface area contributed by atoms with Gasteiger partial charge in [-0.05, 0) is 53.6 Å². The predicted molar refractivity (Wildman–Crippen MR) is 134 cm³/mol. The number of hydrogen-bond acceptors (Lipinski definition) is 5. The maximum atomic E-state index is 13.3. The van der Waals surface area contributed by atoms with E-state index in [1.54, 1.807) is 31.4 Å². The van der Waals surface area contributed by atoms with Gasteiger partial charge in [0, 0.05) is 18.2 Å². The van der Waals surface area contributed by atoms with E-state index in [-0.39, 0.29) is 5.91 Å². The third-order valence-corrected chi connectivity index (χ3v) is 5.68. The lowest BCUT2D eigenvalue weighted by atomic mass is 10.0. The summed E-state index contributed by atoms with van der Waals surface area (Å²) in [6.45, 7) is 0. The van der Waals surface area contributed by atoms with Gasteiger partial charge in [0.15, 0.2) is 5.84 Å². The smallest absolute Gasteiger partial charge is 0.282 e. The highest BCUT2D eigenvalue weighted by atomic mass is 16.5. The summed E-state index contributed by atoms with van der Waals surface area (Å²) in [7, 11) is 3.26. The molecular weight excluding hydrogens is 427 g/mol. The van der Waals surface area contributed by atoms with Gasteiger partial charge in [0.2, 0.25) is 0 Å². The van der Waals surface area contributed by atoms with Gasteiger partial charge in [-0.1, -0.05) is 42.5 Å². The maximum absolute atomic E-state index is 13.3. The Morgan fingerprint density at radius 3 is 2.12 bits per heavy atom. The third-order valence-electron chi connectivity index (χ3n) is 5.68. The van der Waals surface area contributed by atoms with E-state index in [2.05, 4.69) is 4.99 Å². The molecule has 3 aromatic rings. The van der Waals surface area contributed by atoms with Crippen LogP contribution in [0.1, 0.15) is 16.7 Å². The van der Waals surface area contributed by atoms with Crippen molar-refractivity contribution in [3.05, 3.63) is 107 Å². The predicted octanol–water partition coefficient (Wildman–Crippen LogP) is 4.98. The minimum atomic E-state index is -0.183. The van der Waals surface area contributed by atoms with Gasteiger partial charge in [-0.3, -0.25) is 9.69 Å². The molecule has 2 heterocycles. The molecule has 6 nitrogen and oxygen atoms in total. The van der Waals surface area contributed by atoms with E-state index in [1.807, 2.05) is 78.9 Å². The minimum absolute atomic E-state index is 0.183. The first-order valence-electron chi connectivity index (χ1n) is 10.9. The molecule has 0 aromatic heterocycles. The number of carbonyl (C=O) groups is 1. The highest BCUT2D eigenvalue weighted by Crippen LogP contribution is 2.29. The fourth-order valence-corrected chi connectivity index (χ4v) is 3.87. The van der Waals surface area contributed by atoms with E-state index in [4.69, 9.17) is 14.5 Å². The quantitative estimate of drug-likeness (QED) is 0.393. The second-order valence-electron chi connectivity index (χ2n) is 7.88. The zero-order valence-corrected chi connectivity index (χ0v) is 18.9. The molecule has 2 aliphatic rings. The van der Waals surface area contributed by atoms with Crippen LogP contribution in [0.2, 0.25) is 0 Å². The normalized spacial score (nSPS) is 16.1. The molecule has 0 saturated carbocycles. The van der Waals surface area contributed by atoms with Gasteiger partial charge in [-0.25, -0.2) is 9.98 Å². The average Bonchev–Trinajstić information content (AvgIpc) is 3.20. The van der Waals surface area contributed by atoms with Crippen LogP contribution in [0.15, 0.2) is 101 Å². The van der Waals surface area contributed by atoms with Crippen LogP contribution in [-0.4, -0.2) is 36.6 Å². The standard InChI is InChI=1S/C28H23N3O3/c1-33-22-12-8-20(9-13-22)17-25-28(32)31-18-26(21-10-14-23(34-2)15-11-21)29-24(27(31)30-25)16-19-6-4-3-5-7-19/h3-15,17-18H,16H2,1-2H3/b25-17-/i17+1. The van der Waals surface area contributed by atoms with Crippen LogP contribution in [0.25, 0.3) is 11.8 Å². The first kappa shape index (κ1) is 21.4. The number of amidine groups is 1. The molecule has 168 valence electrons. The Morgan fingerprint density at radius 1 is 0.824 bits per heavy atom. The fourth-order valence-electron chi connectivity index (χ4n) is 3.87. The summed E-state index contributed by atoms with van der Waals surface area (Å²) in [4.78, 5) is 24.5. The van der Waals surface area contributed by atoms with Gasteiger partial charge in [0.05, 0.1) is 25.6 Å². The number of methoxy groups -OCH3 is 2. The zero-order chi connectivity index (χ0) is 23.5. The van der Waals surface area contributed by atoms with Gasteiger partial charge < -0.3 is 9.47 Å². The van der Waals surface area contributed by atoms with Crippen molar-refractivity contribution in [1.29, 1.82) is 0 Å². The summed E-state index contributed by atoms with van der Waals surface area (Å²) >= 11 is 0. The molecule has 34 heavy (non-hydrogen) atoms. The second-order valence-corrected chi connectivity index (χ2v) is 7.88. The van der Waals surface area contributed by atoms with E-state index in [0.717, 1.165) is 33.9 Å². The highest BCUT2D eigenvalue weighted by Gasteiger charge is 2.35. The van der Waals surface area contributed by atoms with Crippen LogP contribution < -0.4 is 9.47 Å². The second kappa shape index (κ2) is 9.19. The molecule has 0 saturated heterocycles. The van der Waals surface area contributed by atoms with Crippen molar-refractivity contribution < 1.29 is 14.3 Å². The Kier molecular flexibility index (Phi) is 5.79. The number of nitrogens with zero attached hydrogens (tertiary/aromatic N) is 3. The average molecular weight is 451 g/mol. The molecule has 5 rings (SSSR count). The molecule has 1 amide bonds. The number of ether oxygens (including phenoxy) is 2. The van der Waals surface area contributed by atoms with Crippen LogP contribution in [0.3, 0.4) is 0 Å². The number of aliphatic imine (C=N–C) groups is 2. The lowest BCUT2D eigenvalue weighted by Crippen LogP contribution is -2.36. The van der Waals surface area contributed by atoms with E-state index >= 15 is 0 Å².